The van der Waals surface area contributed by atoms with Gasteiger partial charge in [-0.2, -0.15) is 0 Å². The molecule has 3 heterocycles. The van der Waals surface area contributed by atoms with Crippen molar-refractivity contribution in [1.29, 1.82) is 0 Å². The van der Waals surface area contributed by atoms with Gasteiger partial charge in [0, 0.05) is 51.1 Å². The molecule has 28 heavy (non-hydrogen) atoms. The van der Waals surface area contributed by atoms with E-state index in [0.717, 1.165) is 56.2 Å². The predicted molar refractivity (Wildman–Crippen MR) is 104 cm³/mol. The Morgan fingerprint density at radius 3 is 2.89 bits per heavy atom. The van der Waals surface area contributed by atoms with Gasteiger partial charge in [0.2, 0.25) is 5.91 Å². The van der Waals surface area contributed by atoms with Crippen LogP contribution in [0.15, 0.2) is 30.6 Å². The highest BCUT2D eigenvalue weighted by Gasteiger charge is 2.50. The van der Waals surface area contributed by atoms with E-state index in [1.807, 2.05) is 40.8 Å². The van der Waals surface area contributed by atoms with E-state index >= 15 is 0 Å². The minimum atomic E-state index is 0.0463. The molecule has 2 fully saturated rings. The largest absolute Gasteiger partial charge is 0.497 e. The topological polar surface area (TPSA) is 69.5 Å². The number of hydrogen-bond donors (Lipinski definition) is 0. The van der Waals surface area contributed by atoms with Crippen LogP contribution in [0.3, 0.4) is 0 Å². The van der Waals surface area contributed by atoms with E-state index < -0.39 is 0 Å². The first-order chi connectivity index (χ1) is 13.6. The van der Waals surface area contributed by atoms with Gasteiger partial charge in [-0.3, -0.25) is 4.79 Å². The molecule has 2 aromatic rings. The normalized spacial score (nSPS) is 21.2. The number of aromatic nitrogens is 3. The Morgan fingerprint density at radius 2 is 2.18 bits per heavy atom. The van der Waals surface area contributed by atoms with Gasteiger partial charge in [0.05, 0.1) is 7.11 Å². The van der Waals surface area contributed by atoms with Gasteiger partial charge in [-0.1, -0.05) is 12.1 Å². The van der Waals surface area contributed by atoms with Gasteiger partial charge < -0.3 is 18.9 Å². The van der Waals surface area contributed by atoms with Crippen LogP contribution in [0.2, 0.25) is 0 Å². The first kappa shape index (κ1) is 18.9. The van der Waals surface area contributed by atoms with Gasteiger partial charge >= 0.3 is 0 Å². The number of rotatable bonds is 5. The molecule has 4 rings (SSSR count). The predicted octanol–water partition coefficient (Wildman–Crippen LogP) is 2.18. The number of hydrogen-bond acceptors (Lipinski definition) is 5. The van der Waals surface area contributed by atoms with Crippen molar-refractivity contribution in [2.75, 3.05) is 33.4 Å². The van der Waals surface area contributed by atoms with E-state index in [1.165, 1.54) is 0 Å². The zero-order chi connectivity index (χ0) is 19.6. The van der Waals surface area contributed by atoms with Crippen LogP contribution in [0, 0.1) is 5.41 Å². The van der Waals surface area contributed by atoms with Gasteiger partial charge in [-0.15, -0.1) is 10.2 Å². The molecule has 1 unspecified atom stereocenters. The van der Waals surface area contributed by atoms with Crippen LogP contribution in [0.4, 0.5) is 0 Å². The fraction of sp³-hybridized carbons (Fsp3) is 0.571. The average molecular weight is 384 g/mol. The van der Waals surface area contributed by atoms with Gasteiger partial charge in [-0.25, -0.2) is 0 Å². The van der Waals surface area contributed by atoms with E-state index in [0.29, 0.717) is 13.0 Å². The van der Waals surface area contributed by atoms with Crippen LogP contribution >= 0.6 is 0 Å². The molecule has 2 aliphatic heterocycles. The van der Waals surface area contributed by atoms with Crippen LogP contribution in [-0.4, -0.2) is 59.0 Å². The Morgan fingerprint density at radius 1 is 1.36 bits per heavy atom. The highest BCUT2D eigenvalue weighted by atomic mass is 16.5. The maximum absolute atomic E-state index is 13.0. The summed E-state index contributed by atoms with van der Waals surface area (Å²) >= 11 is 0. The monoisotopic (exact) mass is 384 g/mol. The van der Waals surface area contributed by atoms with Crippen molar-refractivity contribution < 1.29 is 14.3 Å². The summed E-state index contributed by atoms with van der Waals surface area (Å²) in [5.41, 5.74) is 1.17. The third kappa shape index (κ3) is 3.63. The molecule has 0 aliphatic carbocycles. The Hall–Kier alpha value is -2.41. The summed E-state index contributed by atoms with van der Waals surface area (Å²) in [6, 6.07) is 7.93. The third-order valence-corrected chi connectivity index (χ3v) is 6.31. The Balaban J connectivity index is 1.47. The molecule has 0 saturated carbocycles. The standard InChI is InChI=1S/C21H28N4O3/c1-24-15-22-23-20(24)18-13-25(14-21(18)8-10-28-11-9-21)19(26)7-6-16-4-3-5-17(12-16)27-2/h3-5,12,15,18H,6-11,13-14H2,1-2H3. The number of ether oxygens (including phenoxy) is 2. The van der Waals surface area contributed by atoms with Crippen LogP contribution in [0.5, 0.6) is 5.75 Å². The van der Waals surface area contributed by atoms with E-state index in [9.17, 15) is 4.79 Å². The summed E-state index contributed by atoms with van der Waals surface area (Å²) in [5, 5.41) is 8.45. The summed E-state index contributed by atoms with van der Waals surface area (Å²) in [6.07, 6.45) is 4.90. The van der Waals surface area contributed by atoms with Crippen molar-refractivity contribution in [3.63, 3.8) is 0 Å². The molecule has 1 aromatic carbocycles. The number of amides is 1. The molecule has 1 spiro atoms. The molecule has 150 valence electrons. The Bertz CT molecular complexity index is 829. The molecule has 1 amide bonds. The fourth-order valence-corrected chi connectivity index (χ4v) is 4.64. The second-order valence-electron chi connectivity index (χ2n) is 7.95. The maximum atomic E-state index is 13.0. The SMILES string of the molecule is COc1cccc(CCC(=O)N2CC(c3nncn3C)C3(CCOCC3)C2)c1. The lowest BCUT2D eigenvalue weighted by molar-refractivity contribution is -0.130. The lowest BCUT2D eigenvalue weighted by Crippen LogP contribution is -2.37. The van der Waals surface area contributed by atoms with E-state index in [4.69, 9.17) is 9.47 Å². The molecule has 0 N–H and O–H groups in total. The van der Waals surface area contributed by atoms with Gasteiger partial charge in [0.25, 0.3) is 0 Å². The van der Waals surface area contributed by atoms with Gasteiger partial charge in [-0.05, 0) is 37.0 Å². The zero-order valence-electron chi connectivity index (χ0n) is 16.6. The quantitative estimate of drug-likeness (QED) is 0.790. The molecule has 2 aliphatic rings. The molecule has 7 nitrogen and oxygen atoms in total. The minimum Gasteiger partial charge on any atom is -0.497 e. The van der Waals surface area contributed by atoms with E-state index in [2.05, 4.69) is 10.2 Å². The van der Waals surface area contributed by atoms with Crippen LogP contribution in [0.1, 0.15) is 36.6 Å². The van der Waals surface area contributed by atoms with Crippen LogP contribution in [0.25, 0.3) is 0 Å². The number of methoxy groups -OCH3 is 1. The van der Waals surface area contributed by atoms with Crippen molar-refractivity contribution in [1.82, 2.24) is 19.7 Å². The summed E-state index contributed by atoms with van der Waals surface area (Å²) < 4.78 is 12.9. The maximum Gasteiger partial charge on any atom is 0.222 e. The number of aryl methyl sites for hydroxylation is 2. The number of carbonyl (C=O) groups excluding carboxylic acids is 1. The minimum absolute atomic E-state index is 0.0463. The molecule has 0 radical (unpaired) electrons. The van der Waals surface area contributed by atoms with Crippen molar-refractivity contribution >= 4 is 5.91 Å². The Labute approximate surface area is 165 Å². The highest BCUT2D eigenvalue weighted by Crippen LogP contribution is 2.49. The number of likely N-dealkylation sites (tertiary alicyclic amines) is 1. The molecule has 1 aromatic heterocycles. The van der Waals surface area contributed by atoms with Crippen molar-refractivity contribution in [3.8, 4) is 5.75 Å². The summed E-state index contributed by atoms with van der Waals surface area (Å²) in [5.74, 6) is 2.22. The summed E-state index contributed by atoms with van der Waals surface area (Å²) in [6.45, 7) is 2.99. The molecule has 1 atom stereocenters. The van der Waals surface area contributed by atoms with Crippen LogP contribution < -0.4 is 4.74 Å². The van der Waals surface area contributed by atoms with Gasteiger partial charge in [0.15, 0.2) is 0 Å². The van der Waals surface area contributed by atoms with Crippen molar-refractivity contribution in [2.45, 2.75) is 31.6 Å². The first-order valence-electron chi connectivity index (χ1n) is 9.94. The molecule has 2 saturated heterocycles. The molecule has 7 heteroatoms. The number of nitrogens with zero attached hydrogens (tertiary/aromatic N) is 4. The number of benzene rings is 1. The third-order valence-electron chi connectivity index (χ3n) is 6.31. The van der Waals surface area contributed by atoms with Crippen molar-refractivity contribution in [3.05, 3.63) is 42.0 Å². The Kier molecular flexibility index (Phi) is 5.35. The zero-order valence-corrected chi connectivity index (χ0v) is 16.6. The van der Waals surface area contributed by atoms with E-state index in [-0.39, 0.29) is 17.2 Å². The summed E-state index contributed by atoms with van der Waals surface area (Å²) in [4.78, 5) is 15.1. The van der Waals surface area contributed by atoms with E-state index in [1.54, 1.807) is 13.4 Å². The smallest absolute Gasteiger partial charge is 0.222 e. The first-order valence-corrected chi connectivity index (χ1v) is 9.94. The lowest BCUT2D eigenvalue weighted by Gasteiger charge is -2.37. The number of carbonyl (C=O) groups is 1. The second kappa shape index (κ2) is 7.91. The summed E-state index contributed by atoms with van der Waals surface area (Å²) in [7, 11) is 3.64. The molecular formula is C21H28N4O3. The average Bonchev–Trinajstić information content (AvgIpc) is 3.30. The van der Waals surface area contributed by atoms with Crippen molar-refractivity contribution in [2.24, 2.45) is 12.5 Å². The molecular weight excluding hydrogens is 356 g/mol. The highest BCUT2D eigenvalue weighted by molar-refractivity contribution is 5.77. The lowest BCUT2D eigenvalue weighted by atomic mass is 9.72. The molecule has 0 bridgehead atoms. The van der Waals surface area contributed by atoms with Crippen LogP contribution in [-0.2, 0) is 23.0 Å². The second-order valence-corrected chi connectivity index (χ2v) is 7.95. The van der Waals surface area contributed by atoms with Gasteiger partial charge in [0.1, 0.15) is 17.9 Å². The fourth-order valence-electron chi connectivity index (χ4n) is 4.64.